The van der Waals surface area contributed by atoms with Crippen LogP contribution in [0.15, 0.2) is 53.6 Å². The Hall–Kier alpha value is -2.15. The summed E-state index contributed by atoms with van der Waals surface area (Å²) >= 11 is 0. The lowest BCUT2D eigenvalue weighted by Crippen LogP contribution is -2.26. The Kier molecular flexibility index (Phi) is 5.99. The molecule has 0 amide bonds. The van der Waals surface area contributed by atoms with Gasteiger partial charge in [0.05, 0.1) is 4.90 Å². The first-order valence-corrected chi connectivity index (χ1v) is 10.6. The summed E-state index contributed by atoms with van der Waals surface area (Å²) in [5.41, 5.74) is 5.13. The van der Waals surface area contributed by atoms with Gasteiger partial charge in [-0.1, -0.05) is 35.9 Å². The quantitative estimate of drug-likeness (QED) is 0.577. The van der Waals surface area contributed by atoms with Gasteiger partial charge in [0, 0.05) is 17.1 Å². The normalized spacial score (nSPS) is 15.4. The molecule has 1 fully saturated rings. The van der Waals surface area contributed by atoms with Crippen LogP contribution in [0, 0.1) is 13.8 Å². The van der Waals surface area contributed by atoms with E-state index in [0.29, 0.717) is 0 Å². The second-order valence-corrected chi connectivity index (χ2v) is 8.48. The second kappa shape index (κ2) is 8.25. The zero-order chi connectivity index (χ0) is 19.4. The summed E-state index contributed by atoms with van der Waals surface area (Å²) in [7, 11) is -4.02. The van der Waals surface area contributed by atoms with Gasteiger partial charge in [-0.3, -0.25) is 4.55 Å². The molecule has 0 saturated carbocycles. The molecule has 144 valence electrons. The van der Waals surface area contributed by atoms with Gasteiger partial charge in [0.25, 0.3) is 10.1 Å². The molecule has 27 heavy (non-hydrogen) atoms. The number of hydrogen-bond acceptors (Lipinski definition) is 3. The van der Waals surface area contributed by atoms with Gasteiger partial charge in [-0.05, 0) is 69.0 Å². The summed E-state index contributed by atoms with van der Waals surface area (Å²) in [6, 6.07) is 12.6. The topological polar surface area (TPSA) is 82.2 Å². The molecular formula is C21H26N2O3S. The Morgan fingerprint density at radius 3 is 2.30 bits per heavy atom. The minimum atomic E-state index is -4.02. The minimum Gasteiger partial charge on any atom is -0.361 e. The molecule has 1 saturated heterocycles. The van der Waals surface area contributed by atoms with Crippen LogP contribution in [0.1, 0.15) is 35.4 Å². The third-order valence-electron chi connectivity index (χ3n) is 5.05. The van der Waals surface area contributed by atoms with E-state index in [-0.39, 0.29) is 4.90 Å². The average Bonchev–Trinajstić information content (AvgIpc) is 3.08. The van der Waals surface area contributed by atoms with Crippen molar-refractivity contribution in [3.05, 3.63) is 65.4 Å². The van der Waals surface area contributed by atoms with E-state index in [1.807, 2.05) is 6.92 Å². The molecule has 5 nitrogen and oxygen atoms in total. The number of aromatic amines is 1. The summed E-state index contributed by atoms with van der Waals surface area (Å²) < 4.78 is 29.6. The van der Waals surface area contributed by atoms with Gasteiger partial charge in [-0.15, -0.1) is 0 Å². The Labute approximate surface area is 160 Å². The van der Waals surface area contributed by atoms with Gasteiger partial charge in [0.15, 0.2) is 0 Å². The predicted molar refractivity (Wildman–Crippen MR) is 109 cm³/mol. The summed E-state index contributed by atoms with van der Waals surface area (Å²) in [5, 5.41) is 4.85. The van der Waals surface area contributed by atoms with Crippen molar-refractivity contribution in [3.8, 4) is 0 Å². The lowest BCUT2D eigenvalue weighted by atomic mass is 9.90. The van der Waals surface area contributed by atoms with Gasteiger partial charge in [0.1, 0.15) is 0 Å². The molecule has 1 aliphatic rings. The number of aryl methyl sites for hydroxylation is 2. The highest BCUT2D eigenvalue weighted by Crippen LogP contribution is 2.32. The highest BCUT2D eigenvalue weighted by atomic mass is 32.2. The van der Waals surface area contributed by atoms with Crippen LogP contribution in [0.5, 0.6) is 0 Å². The molecule has 0 bridgehead atoms. The Bertz CT molecular complexity index is 1000. The maximum Gasteiger partial charge on any atom is 0.294 e. The number of aromatic nitrogens is 1. The molecular weight excluding hydrogens is 360 g/mol. The summed E-state index contributed by atoms with van der Waals surface area (Å²) in [6.45, 7) is 6.32. The van der Waals surface area contributed by atoms with Gasteiger partial charge < -0.3 is 10.3 Å². The summed E-state index contributed by atoms with van der Waals surface area (Å²) in [4.78, 5) is 3.37. The van der Waals surface area contributed by atoms with E-state index in [1.54, 1.807) is 12.1 Å². The predicted octanol–water partition coefficient (Wildman–Crippen LogP) is 4.19. The highest BCUT2D eigenvalue weighted by molar-refractivity contribution is 7.85. The van der Waals surface area contributed by atoms with Crippen molar-refractivity contribution >= 4 is 21.0 Å². The number of fused-ring (bicyclic) bond motifs is 1. The van der Waals surface area contributed by atoms with Crippen LogP contribution in [-0.4, -0.2) is 31.0 Å². The molecule has 0 spiro atoms. The first-order chi connectivity index (χ1) is 12.9. The Morgan fingerprint density at radius 2 is 1.67 bits per heavy atom. The van der Waals surface area contributed by atoms with E-state index < -0.39 is 10.1 Å². The molecule has 6 heteroatoms. The van der Waals surface area contributed by atoms with Crippen molar-refractivity contribution in [1.82, 2.24) is 10.3 Å². The van der Waals surface area contributed by atoms with Crippen LogP contribution in [0.4, 0.5) is 0 Å². The van der Waals surface area contributed by atoms with Crippen LogP contribution in [0.2, 0.25) is 0 Å². The van der Waals surface area contributed by atoms with Crippen molar-refractivity contribution < 1.29 is 13.0 Å². The van der Waals surface area contributed by atoms with Crippen molar-refractivity contribution in [2.24, 2.45) is 0 Å². The van der Waals surface area contributed by atoms with Crippen LogP contribution in [0.25, 0.3) is 10.9 Å². The number of benzene rings is 2. The Balaban J connectivity index is 0.000000168. The monoisotopic (exact) mass is 386 g/mol. The standard InChI is InChI=1S/C14H18N2.C7H8O3S/c1-10-3-2-4-12-13(9-16-14(10)12)11-5-7-15-8-6-11;1-6-2-4-7(5-3-6)11(8,9)10/h2-4,9,11,15-16H,5-8H2,1H3;2-5H,1H3,(H,8,9,10). The number of rotatable bonds is 2. The van der Waals surface area contributed by atoms with E-state index in [4.69, 9.17) is 4.55 Å². The van der Waals surface area contributed by atoms with E-state index in [9.17, 15) is 8.42 Å². The molecule has 1 aliphatic heterocycles. The maximum absolute atomic E-state index is 10.5. The molecule has 2 heterocycles. The molecule has 4 rings (SSSR count). The van der Waals surface area contributed by atoms with E-state index >= 15 is 0 Å². The number of nitrogens with one attached hydrogen (secondary N) is 2. The van der Waals surface area contributed by atoms with Gasteiger partial charge in [-0.25, -0.2) is 0 Å². The largest absolute Gasteiger partial charge is 0.361 e. The third kappa shape index (κ3) is 4.77. The van der Waals surface area contributed by atoms with Crippen LogP contribution >= 0.6 is 0 Å². The lowest BCUT2D eigenvalue weighted by molar-refractivity contribution is 0.462. The highest BCUT2D eigenvalue weighted by Gasteiger charge is 2.18. The second-order valence-electron chi connectivity index (χ2n) is 7.05. The van der Waals surface area contributed by atoms with Crippen molar-refractivity contribution in [2.75, 3.05) is 13.1 Å². The van der Waals surface area contributed by atoms with Crippen LogP contribution in [-0.2, 0) is 10.1 Å². The fourth-order valence-electron chi connectivity index (χ4n) is 3.51. The first kappa shape index (κ1) is 19.6. The van der Waals surface area contributed by atoms with E-state index in [0.717, 1.165) is 24.6 Å². The van der Waals surface area contributed by atoms with Crippen molar-refractivity contribution in [3.63, 3.8) is 0 Å². The number of hydrogen-bond donors (Lipinski definition) is 3. The van der Waals surface area contributed by atoms with Crippen molar-refractivity contribution in [1.29, 1.82) is 0 Å². The molecule has 3 N–H and O–H groups in total. The third-order valence-corrected chi connectivity index (χ3v) is 5.92. The molecule has 1 aromatic heterocycles. The average molecular weight is 387 g/mol. The lowest BCUT2D eigenvalue weighted by Gasteiger charge is -2.22. The number of H-pyrrole nitrogens is 1. The Morgan fingerprint density at radius 1 is 1.00 bits per heavy atom. The smallest absolute Gasteiger partial charge is 0.294 e. The number of piperidine rings is 1. The SMILES string of the molecule is Cc1ccc(S(=O)(=O)O)cc1.Cc1cccc2c(C3CCNCC3)c[nH]c12. The summed E-state index contributed by atoms with van der Waals surface area (Å²) in [6.07, 6.45) is 4.75. The maximum atomic E-state index is 10.5. The minimum absolute atomic E-state index is 0.0666. The fourth-order valence-corrected chi connectivity index (χ4v) is 3.99. The molecule has 0 aliphatic carbocycles. The fraction of sp³-hybridized carbons (Fsp3) is 0.333. The van der Waals surface area contributed by atoms with Crippen LogP contribution in [0.3, 0.4) is 0 Å². The molecule has 0 unspecified atom stereocenters. The van der Waals surface area contributed by atoms with Gasteiger partial charge >= 0.3 is 0 Å². The van der Waals surface area contributed by atoms with Gasteiger partial charge in [0.2, 0.25) is 0 Å². The molecule has 3 aromatic rings. The first-order valence-electron chi connectivity index (χ1n) is 9.18. The molecule has 0 atom stereocenters. The van der Waals surface area contributed by atoms with Crippen molar-refractivity contribution in [2.45, 2.75) is 37.5 Å². The zero-order valence-corrected chi connectivity index (χ0v) is 16.5. The molecule has 2 aromatic carbocycles. The molecule has 0 radical (unpaired) electrons. The van der Waals surface area contributed by atoms with E-state index in [1.165, 1.54) is 47.0 Å². The van der Waals surface area contributed by atoms with E-state index in [2.05, 4.69) is 41.6 Å². The zero-order valence-electron chi connectivity index (χ0n) is 15.7. The van der Waals surface area contributed by atoms with Crippen LogP contribution < -0.4 is 5.32 Å². The summed E-state index contributed by atoms with van der Waals surface area (Å²) in [5.74, 6) is 0.733. The number of para-hydroxylation sites is 1. The van der Waals surface area contributed by atoms with Gasteiger partial charge in [-0.2, -0.15) is 8.42 Å².